The van der Waals surface area contributed by atoms with Gasteiger partial charge in [0, 0.05) is 12.7 Å². The quantitative estimate of drug-likeness (QED) is 0.907. The van der Waals surface area contributed by atoms with Crippen LogP contribution in [0.4, 0.5) is 10.5 Å². The first-order chi connectivity index (χ1) is 10.7. The van der Waals surface area contributed by atoms with Crippen molar-refractivity contribution >= 4 is 17.7 Å². The van der Waals surface area contributed by atoms with Gasteiger partial charge in [0.2, 0.25) is 0 Å². The van der Waals surface area contributed by atoms with Gasteiger partial charge in [0.05, 0.1) is 5.69 Å². The van der Waals surface area contributed by atoms with Gasteiger partial charge in [-0.1, -0.05) is 12.1 Å². The van der Waals surface area contributed by atoms with E-state index in [1.807, 2.05) is 0 Å². The zero-order chi connectivity index (χ0) is 17.2. The van der Waals surface area contributed by atoms with Crippen LogP contribution in [-0.4, -0.2) is 32.6 Å². The fourth-order valence-corrected chi connectivity index (χ4v) is 1.99. The van der Waals surface area contributed by atoms with Crippen LogP contribution < -0.4 is 5.32 Å². The lowest BCUT2D eigenvalue weighted by molar-refractivity contribution is 0.0634. The minimum absolute atomic E-state index is 0.0153. The molecule has 2 N–H and O–H groups in total. The Morgan fingerprint density at radius 3 is 2.30 bits per heavy atom. The van der Waals surface area contributed by atoms with Crippen molar-refractivity contribution in [1.82, 2.24) is 9.78 Å². The van der Waals surface area contributed by atoms with Gasteiger partial charge in [-0.05, 0) is 44.5 Å². The molecule has 7 nitrogen and oxygen atoms in total. The molecule has 0 aliphatic carbocycles. The maximum atomic E-state index is 11.7. The van der Waals surface area contributed by atoms with Crippen molar-refractivity contribution in [3.8, 4) is 11.3 Å². The summed E-state index contributed by atoms with van der Waals surface area (Å²) < 4.78 is 6.68. The number of carboxylic acids is 1. The number of carboxylic acid groups (broad SMARTS) is 1. The summed E-state index contributed by atoms with van der Waals surface area (Å²) in [5.41, 5.74) is 1.47. The second-order valence-electron chi connectivity index (χ2n) is 6.05. The highest BCUT2D eigenvalue weighted by Crippen LogP contribution is 2.22. The Morgan fingerprint density at radius 2 is 1.83 bits per heavy atom. The van der Waals surface area contributed by atoms with E-state index >= 15 is 0 Å². The van der Waals surface area contributed by atoms with Crippen molar-refractivity contribution in [1.29, 1.82) is 0 Å². The van der Waals surface area contributed by atoms with Gasteiger partial charge in [0.25, 0.3) is 0 Å². The first-order valence-electron chi connectivity index (χ1n) is 7.03. The standard InChI is InChI=1S/C16H19N3O4/c1-16(2,3)23-15(22)17-11-7-5-10(6-8-11)13-9-12(14(20)21)18-19(13)4/h5-9H,1-4H3,(H,17,22)(H,20,21). The summed E-state index contributed by atoms with van der Waals surface area (Å²) in [4.78, 5) is 22.7. The van der Waals surface area contributed by atoms with Gasteiger partial charge in [-0.2, -0.15) is 5.10 Å². The topological polar surface area (TPSA) is 93.5 Å². The average Bonchev–Trinajstić information content (AvgIpc) is 2.80. The number of aryl methyl sites for hydroxylation is 1. The highest BCUT2D eigenvalue weighted by Gasteiger charge is 2.16. The molecule has 0 atom stereocenters. The molecule has 1 aromatic heterocycles. The summed E-state index contributed by atoms with van der Waals surface area (Å²) in [5, 5.41) is 15.5. The van der Waals surface area contributed by atoms with E-state index in [0.717, 1.165) is 5.56 Å². The number of aromatic carboxylic acids is 1. The number of hydrogen-bond acceptors (Lipinski definition) is 4. The molecule has 1 amide bonds. The van der Waals surface area contributed by atoms with Crippen LogP contribution in [0.25, 0.3) is 11.3 Å². The molecule has 0 aliphatic rings. The van der Waals surface area contributed by atoms with Crippen molar-refractivity contribution in [2.45, 2.75) is 26.4 Å². The monoisotopic (exact) mass is 317 g/mol. The minimum Gasteiger partial charge on any atom is -0.476 e. The van der Waals surface area contributed by atoms with Gasteiger partial charge < -0.3 is 9.84 Å². The van der Waals surface area contributed by atoms with Gasteiger partial charge in [-0.25, -0.2) is 9.59 Å². The van der Waals surface area contributed by atoms with E-state index in [1.165, 1.54) is 10.7 Å². The average molecular weight is 317 g/mol. The van der Waals surface area contributed by atoms with Gasteiger partial charge in [0.1, 0.15) is 5.60 Å². The number of amides is 1. The lowest BCUT2D eigenvalue weighted by Gasteiger charge is -2.19. The Labute approximate surface area is 133 Å². The Hall–Kier alpha value is -2.83. The molecular weight excluding hydrogens is 298 g/mol. The molecule has 0 unspecified atom stereocenters. The molecule has 0 aliphatic heterocycles. The molecule has 2 rings (SSSR count). The maximum absolute atomic E-state index is 11.7. The Bertz CT molecular complexity index is 727. The highest BCUT2D eigenvalue weighted by molar-refractivity contribution is 5.87. The van der Waals surface area contributed by atoms with E-state index < -0.39 is 17.7 Å². The number of carbonyl (C=O) groups excluding carboxylic acids is 1. The van der Waals surface area contributed by atoms with Gasteiger partial charge >= 0.3 is 12.1 Å². The summed E-state index contributed by atoms with van der Waals surface area (Å²) in [5.74, 6) is -1.07. The van der Waals surface area contributed by atoms with Crippen molar-refractivity contribution in [2.24, 2.45) is 7.05 Å². The molecule has 0 fully saturated rings. The molecule has 7 heteroatoms. The molecular formula is C16H19N3O4. The summed E-state index contributed by atoms with van der Waals surface area (Å²) >= 11 is 0. The third-order valence-electron chi connectivity index (χ3n) is 2.92. The SMILES string of the molecule is Cn1nc(C(=O)O)cc1-c1ccc(NC(=O)OC(C)(C)C)cc1. The van der Waals surface area contributed by atoms with E-state index in [-0.39, 0.29) is 5.69 Å². The molecule has 0 saturated carbocycles. The summed E-state index contributed by atoms with van der Waals surface area (Å²) in [6.45, 7) is 5.37. The molecule has 1 aromatic carbocycles. The largest absolute Gasteiger partial charge is 0.476 e. The molecule has 122 valence electrons. The smallest absolute Gasteiger partial charge is 0.412 e. The van der Waals surface area contributed by atoms with Crippen molar-refractivity contribution in [3.63, 3.8) is 0 Å². The first kappa shape index (κ1) is 16.5. The Morgan fingerprint density at radius 1 is 1.22 bits per heavy atom. The highest BCUT2D eigenvalue weighted by atomic mass is 16.6. The van der Waals surface area contributed by atoms with Crippen molar-refractivity contribution < 1.29 is 19.4 Å². The number of aromatic nitrogens is 2. The van der Waals surface area contributed by atoms with Crippen LogP contribution in [0.2, 0.25) is 0 Å². The van der Waals surface area contributed by atoms with Crippen molar-refractivity contribution in [2.75, 3.05) is 5.32 Å². The number of rotatable bonds is 3. The molecule has 2 aromatic rings. The molecule has 0 spiro atoms. The van der Waals surface area contributed by atoms with E-state index in [4.69, 9.17) is 9.84 Å². The van der Waals surface area contributed by atoms with Crippen LogP contribution in [0, 0.1) is 0 Å². The second-order valence-corrected chi connectivity index (χ2v) is 6.05. The van der Waals surface area contributed by atoms with Crippen LogP contribution in [0.5, 0.6) is 0 Å². The Kier molecular flexibility index (Phi) is 4.40. The van der Waals surface area contributed by atoms with E-state index in [9.17, 15) is 9.59 Å². The van der Waals surface area contributed by atoms with Gasteiger partial charge in [0.15, 0.2) is 5.69 Å². The number of benzene rings is 1. The summed E-state index contributed by atoms with van der Waals surface area (Å²) in [6.07, 6.45) is -0.529. The molecule has 1 heterocycles. The lowest BCUT2D eigenvalue weighted by atomic mass is 10.1. The minimum atomic E-state index is -1.07. The van der Waals surface area contributed by atoms with Crippen LogP contribution in [0.3, 0.4) is 0 Å². The van der Waals surface area contributed by atoms with Crippen LogP contribution in [0.1, 0.15) is 31.3 Å². The lowest BCUT2D eigenvalue weighted by Crippen LogP contribution is -2.27. The number of ether oxygens (including phenoxy) is 1. The third-order valence-corrected chi connectivity index (χ3v) is 2.92. The predicted molar refractivity (Wildman–Crippen MR) is 85.5 cm³/mol. The van der Waals surface area contributed by atoms with E-state index in [1.54, 1.807) is 52.1 Å². The zero-order valence-corrected chi connectivity index (χ0v) is 13.5. The predicted octanol–water partition coefficient (Wildman–Crippen LogP) is 3.13. The molecule has 23 heavy (non-hydrogen) atoms. The number of carbonyl (C=O) groups is 2. The normalized spacial score (nSPS) is 11.1. The van der Waals surface area contributed by atoms with E-state index in [2.05, 4.69) is 10.4 Å². The maximum Gasteiger partial charge on any atom is 0.412 e. The Balaban J connectivity index is 2.14. The number of nitrogens with zero attached hydrogens (tertiary/aromatic N) is 2. The zero-order valence-electron chi connectivity index (χ0n) is 13.5. The van der Waals surface area contributed by atoms with Crippen molar-refractivity contribution in [3.05, 3.63) is 36.0 Å². The number of anilines is 1. The third kappa shape index (κ3) is 4.32. The number of nitrogens with one attached hydrogen (secondary N) is 1. The molecule has 0 saturated heterocycles. The van der Waals surface area contributed by atoms with Crippen LogP contribution in [0.15, 0.2) is 30.3 Å². The van der Waals surface area contributed by atoms with Crippen LogP contribution >= 0.6 is 0 Å². The first-order valence-corrected chi connectivity index (χ1v) is 7.03. The second kappa shape index (κ2) is 6.12. The number of hydrogen-bond donors (Lipinski definition) is 2. The molecule has 0 bridgehead atoms. The van der Waals surface area contributed by atoms with Gasteiger partial charge in [-0.15, -0.1) is 0 Å². The fourth-order valence-electron chi connectivity index (χ4n) is 1.99. The van der Waals surface area contributed by atoms with Gasteiger partial charge in [-0.3, -0.25) is 10.00 Å². The summed E-state index contributed by atoms with van der Waals surface area (Å²) in [6, 6.07) is 8.47. The fraction of sp³-hybridized carbons (Fsp3) is 0.312. The van der Waals surface area contributed by atoms with Crippen LogP contribution in [-0.2, 0) is 11.8 Å². The van der Waals surface area contributed by atoms with E-state index in [0.29, 0.717) is 11.4 Å². The molecule has 0 radical (unpaired) electrons. The summed E-state index contributed by atoms with van der Waals surface area (Å²) in [7, 11) is 1.68.